The molecule has 3 N–H and O–H groups in total. The van der Waals surface area contributed by atoms with E-state index in [1.165, 1.54) is 5.56 Å². The van der Waals surface area contributed by atoms with E-state index in [4.69, 9.17) is 5.73 Å². The Morgan fingerprint density at radius 3 is 2.50 bits per heavy atom. The largest absolute Gasteiger partial charge is 0.351 e. The molecule has 3 amide bonds. The molecule has 1 aliphatic carbocycles. The summed E-state index contributed by atoms with van der Waals surface area (Å²) in [4.78, 5) is 22.3. The number of primary amides is 1. The summed E-state index contributed by atoms with van der Waals surface area (Å²) in [6.45, 7) is 0. The molecule has 2 rings (SSSR count). The van der Waals surface area contributed by atoms with E-state index < -0.39 is 6.03 Å². The molecule has 1 fully saturated rings. The molecule has 0 spiro atoms. The lowest BCUT2D eigenvalue weighted by molar-refractivity contribution is -0.123. The maximum atomic E-state index is 11.7. The highest BCUT2D eigenvalue weighted by Gasteiger charge is 2.31. The second-order valence-electron chi connectivity index (χ2n) is 4.61. The van der Waals surface area contributed by atoms with Gasteiger partial charge in [-0.1, -0.05) is 28.1 Å². The second-order valence-corrected chi connectivity index (χ2v) is 5.53. The number of nitrogens with two attached hydrogens (primary N) is 1. The van der Waals surface area contributed by atoms with Crippen molar-refractivity contribution in [3.05, 3.63) is 34.3 Å². The van der Waals surface area contributed by atoms with Gasteiger partial charge in [0.25, 0.3) is 0 Å². The Labute approximate surface area is 114 Å². The van der Waals surface area contributed by atoms with Crippen molar-refractivity contribution >= 4 is 27.9 Å². The molecule has 1 aromatic carbocycles. The minimum atomic E-state index is -0.771. The minimum absolute atomic E-state index is 0.105. The molecule has 0 saturated heterocycles. The standard InChI is InChI=1S/C13H15BrN2O2/c14-11-5-3-8(4-6-11)9-1-2-10(7-9)12(17)16-13(15)18/h3-6,9-10H,1-2,7H2,(H3,15,16,17,18)/t9-,10?/m1/s1. The number of imide groups is 1. The molecule has 96 valence electrons. The van der Waals surface area contributed by atoms with Gasteiger partial charge in [0.1, 0.15) is 0 Å². The third-order valence-corrected chi connectivity index (χ3v) is 3.92. The first-order chi connectivity index (χ1) is 8.56. The van der Waals surface area contributed by atoms with Crippen LogP contribution in [0.3, 0.4) is 0 Å². The van der Waals surface area contributed by atoms with Gasteiger partial charge in [-0.2, -0.15) is 0 Å². The van der Waals surface area contributed by atoms with Gasteiger partial charge in [0.2, 0.25) is 5.91 Å². The Bertz CT molecular complexity index is 459. The van der Waals surface area contributed by atoms with Gasteiger partial charge in [-0.15, -0.1) is 0 Å². The number of carbonyl (C=O) groups excluding carboxylic acids is 2. The molecule has 4 nitrogen and oxygen atoms in total. The van der Waals surface area contributed by atoms with Crippen molar-refractivity contribution in [2.45, 2.75) is 25.2 Å². The third-order valence-electron chi connectivity index (χ3n) is 3.39. The van der Waals surface area contributed by atoms with Crippen LogP contribution in [0.1, 0.15) is 30.7 Å². The number of nitrogens with one attached hydrogen (secondary N) is 1. The van der Waals surface area contributed by atoms with E-state index in [2.05, 4.69) is 33.4 Å². The monoisotopic (exact) mass is 310 g/mol. The molecule has 1 saturated carbocycles. The highest BCUT2D eigenvalue weighted by Crippen LogP contribution is 2.38. The topological polar surface area (TPSA) is 72.2 Å². The van der Waals surface area contributed by atoms with Crippen LogP contribution in [0.25, 0.3) is 0 Å². The van der Waals surface area contributed by atoms with Crippen LogP contribution < -0.4 is 11.1 Å². The van der Waals surface area contributed by atoms with E-state index in [9.17, 15) is 9.59 Å². The van der Waals surface area contributed by atoms with Crippen molar-refractivity contribution in [3.63, 3.8) is 0 Å². The number of carbonyl (C=O) groups is 2. The highest BCUT2D eigenvalue weighted by molar-refractivity contribution is 9.10. The van der Waals surface area contributed by atoms with Crippen molar-refractivity contribution in [1.82, 2.24) is 5.32 Å². The van der Waals surface area contributed by atoms with E-state index in [-0.39, 0.29) is 11.8 Å². The highest BCUT2D eigenvalue weighted by atomic mass is 79.9. The Kier molecular flexibility index (Phi) is 4.01. The molecule has 0 heterocycles. The smallest absolute Gasteiger partial charge is 0.318 e. The average Bonchev–Trinajstić information content (AvgIpc) is 2.78. The van der Waals surface area contributed by atoms with Crippen molar-refractivity contribution < 1.29 is 9.59 Å². The lowest BCUT2D eigenvalue weighted by Crippen LogP contribution is -2.38. The van der Waals surface area contributed by atoms with Crippen molar-refractivity contribution in [3.8, 4) is 0 Å². The van der Waals surface area contributed by atoms with E-state index in [0.717, 1.165) is 23.7 Å². The summed E-state index contributed by atoms with van der Waals surface area (Å²) >= 11 is 3.40. The molecule has 1 aliphatic rings. The first-order valence-electron chi connectivity index (χ1n) is 5.92. The van der Waals surface area contributed by atoms with Gasteiger partial charge >= 0.3 is 6.03 Å². The van der Waals surface area contributed by atoms with Crippen molar-refractivity contribution in [2.24, 2.45) is 11.7 Å². The molecular weight excluding hydrogens is 296 g/mol. The van der Waals surface area contributed by atoms with Gasteiger partial charge < -0.3 is 5.73 Å². The van der Waals surface area contributed by atoms with E-state index >= 15 is 0 Å². The maximum Gasteiger partial charge on any atom is 0.318 e. The number of urea groups is 1. The maximum absolute atomic E-state index is 11.7. The number of rotatable bonds is 2. The lowest BCUT2D eigenvalue weighted by Gasteiger charge is -2.11. The fourth-order valence-electron chi connectivity index (χ4n) is 2.48. The zero-order chi connectivity index (χ0) is 13.1. The van der Waals surface area contributed by atoms with Gasteiger partial charge in [-0.05, 0) is 42.9 Å². The fourth-order valence-corrected chi connectivity index (χ4v) is 2.75. The molecule has 2 atom stereocenters. The van der Waals surface area contributed by atoms with Crippen molar-refractivity contribution in [2.75, 3.05) is 0 Å². The van der Waals surface area contributed by atoms with Crippen LogP contribution >= 0.6 is 15.9 Å². The quantitative estimate of drug-likeness (QED) is 0.881. The van der Waals surface area contributed by atoms with Gasteiger partial charge in [0, 0.05) is 10.4 Å². The summed E-state index contributed by atoms with van der Waals surface area (Å²) in [7, 11) is 0. The van der Waals surface area contributed by atoms with Crippen LogP contribution in [0.5, 0.6) is 0 Å². The number of hydrogen-bond donors (Lipinski definition) is 2. The Morgan fingerprint density at radius 1 is 1.22 bits per heavy atom. The van der Waals surface area contributed by atoms with Crippen LogP contribution in [0.2, 0.25) is 0 Å². The molecule has 0 aliphatic heterocycles. The third kappa shape index (κ3) is 3.10. The predicted molar refractivity (Wildman–Crippen MR) is 72.0 cm³/mol. The molecule has 1 unspecified atom stereocenters. The van der Waals surface area contributed by atoms with Gasteiger partial charge in [-0.25, -0.2) is 4.79 Å². The van der Waals surface area contributed by atoms with Gasteiger partial charge in [0.05, 0.1) is 0 Å². The molecule has 0 bridgehead atoms. The van der Waals surface area contributed by atoms with E-state index in [1.54, 1.807) is 0 Å². The number of hydrogen-bond acceptors (Lipinski definition) is 2. The van der Waals surface area contributed by atoms with Crippen LogP contribution in [0.4, 0.5) is 4.79 Å². The van der Waals surface area contributed by atoms with Crippen LogP contribution in [0.15, 0.2) is 28.7 Å². The summed E-state index contributed by atoms with van der Waals surface area (Å²) in [5.74, 6) is 0.0370. The summed E-state index contributed by atoms with van der Waals surface area (Å²) < 4.78 is 1.05. The first-order valence-corrected chi connectivity index (χ1v) is 6.71. The normalized spacial score (nSPS) is 22.7. The zero-order valence-corrected chi connectivity index (χ0v) is 11.4. The van der Waals surface area contributed by atoms with Gasteiger partial charge in [0.15, 0.2) is 0 Å². The molecule has 1 aromatic rings. The Morgan fingerprint density at radius 2 is 1.89 bits per heavy atom. The molecule has 18 heavy (non-hydrogen) atoms. The fraction of sp³-hybridized carbons (Fsp3) is 0.385. The predicted octanol–water partition coefficient (Wildman–Crippen LogP) is 2.53. The lowest BCUT2D eigenvalue weighted by atomic mass is 9.96. The minimum Gasteiger partial charge on any atom is -0.351 e. The van der Waals surface area contributed by atoms with E-state index in [0.29, 0.717) is 5.92 Å². The summed E-state index contributed by atoms with van der Waals surface area (Å²) in [6.07, 6.45) is 2.55. The zero-order valence-electron chi connectivity index (χ0n) is 9.86. The molecule has 0 radical (unpaired) electrons. The average molecular weight is 311 g/mol. The van der Waals surface area contributed by atoms with Crippen LogP contribution in [-0.4, -0.2) is 11.9 Å². The first kappa shape index (κ1) is 13.1. The molecule has 5 heteroatoms. The van der Waals surface area contributed by atoms with Crippen LogP contribution in [0, 0.1) is 5.92 Å². The number of benzene rings is 1. The SMILES string of the molecule is NC(=O)NC(=O)C1CC[C@@H](c2ccc(Br)cc2)C1. The second kappa shape index (κ2) is 5.52. The number of amides is 3. The number of halogens is 1. The summed E-state index contributed by atoms with van der Waals surface area (Å²) in [6, 6.07) is 7.39. The Hall–Kier alpha value is -1.36. The van der Waals surface area contributed by atoms with Gasteiger partial charge in [-0.3, -0.25) is 10.1 Å². The molecular formula is C13H15BrN2O2. The van der Waals surface area contributed by atoms with Crippen molar-refractivity contribution in [1.29, 1.82) is 0 Å². The van der Waals surface area contributed by atoms with Crippen LogP contribution in [-0.2, 0) is 4.79 Å². The van der Waals surface area contributed by atoms with E-state index in [1.807, 2.05) is 12.1 Å². The summed E-state index contributed by atoms with van der Waals surface area (Å²) in [5.41, 5.74) is 6.19. The Balaban J connectivity index is 1.98. The molecule has 0 aromatic heterocycles. The summed E-state index contributed by atoms with van der Waals surface area (Å²) in [5, 5.41) is 2.16.